The standard InChI is InChI=1S/C37H36ClN5O3S2/c1-21-12-14-46-31-17-25(15-22-7-4-5-8-26(22)31)48-19-24-16-23(39-42(24)3)18-47-20-29-34(30-9-6-13-43(30)40-29)33-28(38)11-10-27-32(21)36(37(44)45)41(2)35(27)33/h4-5,7-8,10-11,15-17,21H,6,9,12-14,18-20H2,1-3H3,(H,44,45)/t21-/m0/s1. The van der Waals surface area contributed by atoms with Gasteiger partial charge in [-0.3, -0.25) is 9.36 Å². The molecule has 3 aromatic heterocycles. The van der Waals surface area contributed by atoms with Crippen molar-refractivity contribution < 1.29 is 14.6 Å². The number of benzene rings is 3. The average molecular weight is 698 g/mol. The van der Waals surface area contributed by atoms with Gasteiger partial charge in [-0.2, -0.15) is 10.2 Å². The van der Waals surface area contributed by atoms with Crippen LogP contribution in [-0.2, 0) is 44.3 Å². The Labute approximate surface area is 292 Å². The Balaban J connectivity index is 1.28. The number of aromatic carboxylic acids is 1. The van der Waals surface area contributed by atoms with E-state index < -0.39 is 5.97 Å². The molecule has 1 atom stereocenters. The van der Waals surface area contributed by atoms with Crippen molar-refractivity contribution in [2.24, 2.45) is 14.1 Å². The zero-order valence-corrected chi connectivity index (χ0v) is 29.5. The molecule has 0 saturated carbocycles. The van der Waals surface area contributed by atoms with Crippen LogP contribution in [0.15, 0.2) is 59.5 Å². The predicted molar refractivity (Wildman–Crippen MR) is 195 cm³/mol. The summed E-state index contributed by atoms with van der Waals surface area (Å²) in [6, 6.07) is 18.8. The summed E-state index contributed by atoms with van der Waals surface area (Å²) in [5.41, 5.74) is 8.22. The van der Waals surface area contributed by atoms with Crippen molar-refractivity contribution in [3.63, 3.8) is 0 Å². The topological polar surface area (TPSA) is 87.1 Å². The van der Waals surface area contributed by atoms with Crippen LogP contribution in [0.3, 0.4) is 0 Å². The molecule has 0 spiro atoms. The molecule has 48 heavy (non-hydrogen) atoms. The number of carboxylic acid groups (broad SMARTS) is 1. The zero-order chi connectivity index (χ0) is 33.1. The van der Waals surface area contributed by atoms with Crippen molar-refractivity contribution in [2.75, 3.05) is 6.61 Å². The maximum atomic E-state index is 12.9. The van der Waals surface area contributed by atoms with E-state index in [1.807, 2.05) is 41.5 Å². The quantitative estimate of drug-likeness (QED) is 0.184. The molecular formula is C37H36ClN5O3S2. The molecule has 0 saturated heterocycles. The minimum absolute atomic E-state index is 0.0848. The summed E-state index contributed by atoms with van der Waals surface area (Å²) in [6.07, 6.45) is 2.58. The summed E-state index contributed by atoms with van der Waals surface area (Å²) >= 11 is 10.7. The normalized spacial score (nSPS) is 16.9. The van der Waals surface area contributed by atoms with Crippen LogP contribution in [0.2, 0.25) is 5.02 Å². The van der Waals surface area contributed by atoms with Crippen molar-refractivity contribution in [2.45, 2.75) is 60.8 Å². The molecule has 1 N–H and O–H groups in total. The minimum atomic E-state index is -0.950. The van der Waals surface area contributed by atoms with Crippen LogP contribution in [0.4, 0.5) is 0 Å². The van der Waals surface area contributed by atoms with Gasteiger partial charge in [0, 0.05) is 76.1 Å². The smallest absolute Gasteiger partial charge is 0.352 e. The molecule has 0 fully saturated rings. The van der Waals surface area contributed by atoms with E-state index in [1.165, 1.54) is 11.4 Å². The fourth-order valence-electron chi connectivity index (χ4n) is 7.45. The Morgan fingerprint density at radius 3 is 2.73 bits per heavy atom. The van der Waals surface area contributed by atoms with Crippen LogP contribution < -0.4 is 4.74 Å². The van der Waals surface area contributed by atoms with E-state index in [1.54, 1.807) is 23.5 Å². The summed E-state index contributed by atoms with van der Waals surface area (Å²) in [5.74, 6) is 2.04. The number of halogens is 1. The summed E-state index contributed by atoms with van der Waals surface area (Å²) in [5, 5.41) is 24.2. The lowest BCUT2D eigenvalue weighted by Gasteiger charge is -2.16. The Kier molecular flexibility index (Phi) is 8.21. The molecule has 246 valence electrons. The van der Waals surface area contributed by atoms with Gasteiger partial charge in [-0.1, -0.05) is 48.9 Å². The largest absolute Gasteiger partial charge is 0.493 e. The van der Waals surface area contributed by atoms with Gasteiger partial charge in [-0.15, -0.1) is 23.5 Å². The lowest BCUT2D eigenvalue weighted by molar-refractivity contribution is 0.0685. The minimum Gasteiger partial charge on any atom is -0.493 e. The molecule has 3 aromatic carbocycles. The second-order valence-electron chi connectivity index (χ2n) is 12.8. The third-order valence-electron chi connectivity index (χ3n) is 9.71. The van der Waals surface area contributed by atoms with Gasteiger partial charge in [0.15, 0.2) is 0 Å². The van der Waals surface area contributed by atoms with E-state index in [4.69, 9.17) is 26.5 Å². The van der Waals surface area contributed by atoms with Crippen LogP contribution in [0.5, 0.6) is 5.75 Å². The third kappa shape index (κ3) is 5.38. The second kappa shape index (κ2) is 12.5. The molecule has 6 aromatic rings. The molecule has 5 heterocycles. The first kappa shape index (κ1) is 31.4. The molecule has 0 unspecified atom stereocenters. The van der Waals surface area contributed by atoms with Crippen molar-refractivity contribution in [3.8, 4) is 16.9 Å². The maximum absolute atomic E-state index is 12.9. The van der Waals surface area contributed by atoms with E-state index >= 15 is 0 Å². The van der Waals surface area contributed by atoms with Gasteiger partial charge in [-0.25, -0.2) is 4.79 Å². The Morgan fingerprint density at radius 1 is 1.02 bits per heavy atom. The highest BCUT2D eigenvalue weighted by Gasteiger charge is 2.31. The number of ether oxygens (including phenoxy) is 1. The van der Waals surface area contributed by atoms with Crippen LogP contribution in [0, 0.1) is 0 Å². The van der Waals surface area contributed by atoms with E-state index in [-0.39, 0.29) is 11.6 Å². The van der Waals surface area contributed by atoms with Gasteiger partial charge < -0.3 is 14.4 Å². The zero-order valence-electron chi connectivity index (χ0n) is 27.1. The number of aryl methyl sites for hydroxylation is 3. The maximum Gasteiger partial charge on any atom is 0.352 e. The number of hydrogen-bond donors (Lipinski definition) is 1. The Hall–Kier alpha value is -3.86. The Morgan fingerprint density at radius 2 is 1.88 bits per heavy atom. The van der Waals surface area contributed by atoms with Crippen LogP contribution in [0.1, 0.15) is 64.5 Å². The number of rotatable bonds is 1. The van der Waals surface area contributed by atoms with Crippen LogP contribution in [-0.4, -0.2) is 41.8 Å². The summed E-state index contributed by atoms with van der Waals surface area (Å²) in [7, 11) is 3.86. The van der Waals surface area contributed by atoms with Crippen molar-refractivity contribution in [1.29, 1.82) is 0 Å². The van der Waals surface area contributed by atoms with Crippen molar-refractivity contribution in [3.05, 3.63) is 93.7 Å². The highest BCUT2D eigenvalue weighted by atomic mass is 35.5. The molecule has 0 radical (unpaired) electrons. The molecule has 11 heteroatoms. The van der Waals surface area contributed by atoms with Gasteiger partial charge >= 0.3 is 5.97 Å². The van der Waals surface area contributed by atoms with Crippen LogP contribution >= 0.6 is 35.1 Å². The number of nitrogens with zero attached hydrogens (tertiary/aromatic N) is 5. The summed E-state index contributed by atoms with van der Waals surface area (Å²) in [6.45, 7) is 3.41. The van der Waals surface area contributed by atoms with E-state index in [0.717, 1.165) is 91.3 Å². The number of fused-ring (bicyclic) bond motifs is 10. The first-order valence-corrected chi connectivity index (χ1v) is 18.8. The Bertz CT molecular complexity index is 2240. The number of thioether (sulfide) groups is 2. The number of carboxylic acids is 1. The molecule has 0 amide bonds. The van der Waals surface area contributed by atoms with E-state index in [9.17, 15) is 9.90 Å². The van der Waals surface area contributed by atoms with Crippen molar-refractivity contribution in [1.82, 2.24) is 24.1 Å². The molecule has 0 aliphatic carbocycles. The fourth-order valence-corrected chi connectivity index (χ4v) is 9.53. The third-order valence-corrected chi connectivity index (χ3v) is 12.0. The highest BCUT2D eigenvalue weighted by molar-refractivity contribution is 7.98. The SMILES string of the molecule is C[C@H]1CCOc2cc(cc3ccccc23)SCc2cc(nn2C)CSCc2nn3c(c2-c2c(Cl)ccc4c1c(C(=O)O)n(C)c24)CCC3. The monoisotopic (exact) mass is 697 g/mol. The van der Waals surface area contributed by atoms with Crippen LogP contribution in [0.25, 0.3) is 32.8 Å². The molecule has 8 nitrogen and oxygen atoms in total. The van der Waals surface area contributed by atoms with Gasteiger partial charge in [0.25, 0.3) is 0 Å². The highest BCUT2D eigenvalue weighted by Crippen LogP contribution is 2.45. The van der Waals surface area contributed by atoms with E-state index in [2.05, 4.69) is 48.0 Å². The summed E-state index contributed by atoms with van der Waals surface area (Å²) in [4.78, 5) is 14.1. The fraction of sp³-hybridized carbons (Fsp3) is 0.324. The van der Waals surface area contributed by atoms with Gasteiger partial charge in [0.05, 0.1) is 28.5 Å². The number of carbonyl (C=O) groups is 1. The average Bonchev–Trinajstić information content (AvgIpc) is 3.82. The first-order chi connectivity index (χ1) is 23.3. The van der Waals surface area contributed by atoms with E-state index in [0.29, 0.717) is 23.8 Å². The number of aromatic nitrogens is 5. The van der Waals surface area contributed by atoms with Gasteiger partial charge in [0.2, 0.25) is 0 Å². The lowest BCUT2D eigenvalue weighted by Crippen LogP contribution is -2.11. The number of hydrogen-bond acceptors (Lipinski definition) is 6. The van der Waals surface area contributed by atoms with Gasteiger partial charge in [0.1, 0.15) is 11.4 Å². The van der Waals surface area contributed by atoms with Gasteiger partial charge in [-0.05, 0) is 60.4 Å². The predicted octanol–water partition coefficient (Wildman–Crippen LogP) is 8.84. The molecular weight excluding hydrogens is 662 g/mol. The molecule has 8 bridgehead atoms. The lowest BCUT2D eigenvalue weighted by atomic mass is 9.92. The molecule has 2 aliphatic rings. The summed E-state index contributed by atoms with van der Waals surface area (Å²) < 4.78 is 12.5. The second-order valence-corrected chi connectivity index (χ2v) is 15.2. The molecule has 8 rings (SSSR count). The first-order valence-electron chi connectivity index (χ1n) is 16.3. The van der Waals surface area contributed by atoms with Crippen molar-refractivity contribution >= 4 is 62.8 Å². The molecule has 2 aliphatic heterocycles.